The first kappa shape index (κ1) is 15.5. The Balaban J connectivity index is 1.58. The Labute approximate surface area is 132 Å². The summed E-state index contributed by atoms with van der Waals surface area (Å²) in [6.07, 6.45) is 5.30. The average Bonchev–Trinajstić information content (AvgIpc) is 2.55. The molecule has 1 amide bonds. The van der Waals surface area contributed by atoms with E-state index in [1.807, 2.05) is 4.90 Å². The van der Waals surface area contributed by atoms with Gasteiger partial charge >= 0.3 is 0 Å². The number of carbonyl (C=O) groups is 1. The van der Waals surface area contributed by atoms with E-state index >= 15 is 0 Å². The number of amides is 1. The van der Waals surface area contributed by atoms with Gasteiger partial charge in [0.1, 0.15) is 5.82 Å². The van der Waals surface area contributed by atoms with E-state index in [-0.39, 0.29) is 11.7 Å². The molecule has 2 fully saturated rings. The second kappa shape index (κ2) is 6.78. The highest BCUT2D eigenvalue weighted by Crippen LogP contribution is 2.28. The summed E-state index contributed by atoms with van der Waals surface area (Å²) in [5.41, 5.74) is 0.458. The first-order valence-corrected chi connectivity index (χ1v) is 8.44. The van der Waals surface area contributed by atoms with Crippen molar-refractivity contribution in [1.29, 1.82) is 0 Å². The standard InChI is InChI=1S/C18H25FN2O/c1-14-5-2-3-8-17(14)20-9-11-21(12-10-20)18(22)15-6-4-7-16(19)13-15/h4,6-7,13-14,17H,2-3,5,8-12H2,1H3/t14-,17+/m0/s1. The fourth-order valence-corrected chi connectivity index (χ4v) is 3.90. The van der Waals surface area contributed by atoms with Gasteiger partial charge in [-0.15, -0.1) is 0 Å². The minimum Gasteiger partial charge on any atom is -0.336 e. The van der Waals surface area contributed by atoms with E-state index in [9.17, 15) is 9.18 Å². The fraction of sp³-hybridized carbons (Fsp3) is 0.611. The molecule has 0 N–H and O–H groups in total. The Morgan fingerprint density at radius 2 is 1.86 bits per heavy atom. The van der Waals surface area contributed by atoms with Crippen molar-refractivity contribution >= 4 is 5.91 Å². The molecule has 0 aromatic heterocycles. The summed E-state index contributed by atoms with van der Waals surface area (Å²) >= 11 is 0. The van der Waals surface area contributed by atoms with Crippen LogP contribution in [0.4, 0.5) is 4.39 Å². The zero-order chi connectivity index (χ0) is 15.5. The highest BCUT2D eigenvalue weighted by Gasteiger charge is 2.30. The highest BCUT2D eigenvalue weighted by atomic mass is 19.1. The van der Waals surface area contributed by atoms with Crippen LogP contribution in [0, 0.1) is 11.7 Å². The van der Waals surface area contributed by atoms with E-state index in [0.29, 0.717) is 11.6 Å². The first-order valence-electron chi connectivity index (χ1n) is 8.44. The number of hydrogen-bond acceptors (Lipinski definition) is 2. The third-order valence-corrected chi connectivity index (χ3v) is 5.21. The van der Waals surface area contributed by atoms with Crippen LogP contribution in [0.15, 0.2) is 24.3 Å². The van der Waals surface area contributed by atoms with Gasteiger partial charge in [-0.1, -0.05) is 25.8 Å². The van der Waals surface area contributed by atoms with Gasteiger partial charge < -0.3 is 4.90 Å². The van der Waals surface area contributed by atoms with E-state index in [4.69, 9.17) is 0 Å². The summed E-state index contributed by atoms with van der Waals surface area (Å²) in [4.78, 5) is 16.9. The molecule has 0 unspecified atom stereocenters. The second-order valence-corrected chi connectivity index (χ2v) is 6.67. The summed E-state index contributed by atoms with van der Waals surface area (Å²) in [5.74, 6) is 0.371. The van der Waals surface area contributed by atoms with Crippen LogP contribution in [0.2, 0.25) is 0 Å². The maximum atomic E-state index is 13.3. The van der Waals surface area contributed by atoms with Crippen molar-refractivity contribution in [1.82, 2.24) is 9.80 Å². The summed E-state index contributed by atoms with van der Waals surface area (Å²) in [5, 5.41) is 0. The van der Waals surface area contributed by atoms with Gasteiger partial charge in [0.05, 0.1) is 0 Å². The van der Waals surface area contributed by atoms with Gasteiger partial charge in [-0.05, 0) is 37.0 Å². The molecule has 22 heavy (non-hydrogen) atoms. The quantitative estimate of drug-likeness (QED) is 0.838. The zero-order valence-corrected chi connectivity index (χ0v) is 13.3. The Bertz CT molecular complexity index is 526. The van der Waals surface area contributed by atoms with Crippen molar-refractivity contribution in [3.63, 3.8) is 0 Å². The molecular weight excluding hydrogens is 279 g/mol. The molecule has 1 aromatic rings. The van der Waals surface area contributed by atoms with Crippen LogP contribution < -0.4 is 0 Å². The van der Waals surface area contributed by atoms with Gasteiger partial charge in [-0.3, -0.25) is 9.69 Å². The molecule has 1 saturated carbocycles. The Kier molecular flexibility index (Phi) is 4.77. The Morgan fingerprint density at radius 3 is 2.55 bits per heavy atom. The third-order valence-electron chi connectivity index (χ3n) is 5.21. The maximum Gasteiger partial charge on any atom is 0.254 e. The summed E-state index contributed by atoms with van der Waals surface area (Å²) in [6, 6.07) is 6.68. The third kappa shape index (κ3) is 3.32. The first-order chi connectivity index (χ1) is 10.6. The topological polar surface area (TPSA) is 23.6 Å². The van der Waals surface area contributed by atoms with Crippen LogP contribution in [-0.2, 0) is 0 Å². The lowest BCUT2D eigenvalue weighted by atomic mass is 9.84. The molecule has 3 nitrogen and oxygen atoms in total. The number of halogens is 1. The lowest BCUT2D eigenvalue weighted by molar-refractivity contribution is 0.0423. The minimum atomic E-state index is -0.347. The van der Waals surface area contributed by atoms with E-state index < -0.39 is 0 Å². The van der Waals surface area contributed by atoms with Crippen molar-refractivity contribution in [3.8, 4) is 0 Å². The molecular formula is C18H25FN2O. The molecule has 1 aliphatic carbocycles. The van der Waals surface area contributed by atoms with Crippen molar-refractivity contribution in [2.24, 2.45) is 5.92 Å². The van der Waals surface area contributed by atoms with Crippen molar-refractivity contribution in [2.75, 3.05) is 26.2 Å². The Hall–Kier alpha value is -1.42. The van der Waals surface area contributed by atoms with Crippen LogP contribution in [0.3, 0.4) is 0 Å². The number of benzene rings is 1. The number of nitrogens with zero attached hydrogens (tertiary/aromatic N) is 2. The van der Waals surface area contributed by atoms with Crippen LogP contribution in [0.1, 0.15) is 43.0 Å². The maximum absolute atomic E-state index is 13.3. The van der Waals surface area contributed by atoms with E-state index in [1.165, 1.54) is 37.8 Å². The smallest absolute Gasteiger partial charge is 0.254 e. The van der Waals surface area contributed by atoms with Crippen LogP contribution in [0.5, 0.6) is 0 Å². The second-order valence-electron chi connectivity index (χ2n) is 6.67. The highest BCUT2D eigenvalue weighted by molar-refractivity contribution is 5.94. The predicted molar refractivity (Wildman–Crippen MR) is 85.3 cm³/mol. The molecule has 2 atom stereocenters. The summed E-state index contributed by atoms with van der Waals surface area (Å²) < 4.78 is 13.3. The van der Waals surface area contributed by atoms with Crippen LogP contribution in [0.25, 0.3) is 0 Å². The molecule has 1 aliphatic heterocycles. The molecule has 1 saturated heterocycles. The van der Waals surface area contributed by atoms with Gasteiger partial charge in [0.25, 0.3) is 5.91 Å². The summed E-state index contributed by atoms with van der Waals surface area (Å²) in [7, 11) is 0. The molecule has 0 spiro atoms. The van der Waals surface area contributed by atoms with Crippen molar-refractivity contribution < 1.29 is 9.18 Å². The SMILES string of the molecule is C[C@H]1CCCC[C@H]1N1CCN(C(=O)c2cccc(F)c2)CC1. The van der Waals surface area contributed by atoms with Gasteiger partial charge in [-0.2, -0.15) is 0 Å². The molecule has 0 bridgehead atoms. The van der Waals surface area contributed by atoms with Crippen molar-refractivity contribution in [2.45, 2.75) is 38.6 Å². The van der Waals surface area contributed by atoms with Gasteiger partial charge in [0.15, 0.2) is 0 Å². The number of piperazine rings is 1. The van der Waals surface area contributed by atoms with Crippen molar-refractivity contribution in [3.05, 3.63) is 35.6 Å². The van der Waals surface area contributed by atoms with E-state index in [2.05, 4.69) is 11.8 Å². The lowest BCUT2D eigenvalue weighted by Gasteiger charge is -2.43. The normalized spacial score (nSPS) is 26.9. The predicted octanol–water partition coefficient (Wildman–Crippen LogP) is 3.16. The number of carbonyl (C=O) groups excluding carboxylic acids is 1. The van der Waals surface area contributed by atoms with E-state index in [0.717, 1.165) is 32.1 Å². The fourth-order valence-electron chi connectivity index (χ4n) is 3.90. The number of hydrogen-bond donors (Lipinski definition) is 0. The monoisotopic (exact) mass is 304 g/mol. The van der Waals surface area contributed by atoms with Crippen LogP contribution in [-0.4, -0.2) is 47.9 Å². The number of rotatable bonds is 2. The minimum absolute atomic E-state index is 0.0455. The van der Waals surface area contributed by atoms with Gasteiger partial charge in [-0.25, -0.2) is 4.39 Å². The molecule has 1 aromatic carbocycles. The lowest BCUT2D eigenvalue weighted by Crippen LogP contribution is -2.53. The summed E-state index contributed by atoms with van der Waals surface area (Å²) in [6.45, 7) is 5.73. The molecule has 0 radical (unpaired) electrons. The molecule has 2 aliphatic rings. The molecule has 3 rings (SSSR count). The largest absolute Gasteiger partial charge is 0.336 e. The van der Waals surface area contributed by atoms with E-state index in [1.54, 1.807) is 12.1 Å². The van der Waals surface area contributed by atoms with Gasteiger partial charge in [0.2, 0.25) is 0 Å². The zero-order valence-electron chi connectivity index (χ0n) is 13.3. The molecule has 1 heterocycles. The molecule has 4 heteroatoms. The molecule has 120 valence electrons. The van der Waals surface area contributed by atoms with Crippen LogP contribution >= 0.6 is 0 Å². The van der Waals surface area contributed by atoms with Gasteiger partial charge in [0, 0.05) is 37.8 Å². The Morgan fingerprint density at radius 1 is 1.14 bits per heavy atom. The average molecular weight is 304 g/mol.